The molecule has 1 saturated heterocycles. The Morgan fingerprint density at radius 1 is 1.14 bits per heavy atom. The molecule has 35 heavy (non-hydrogen) atoms. The standard InChI is InChI=1S/C24H31N7O4/c1-4-8-18(22(33)26-16-9-7-10-17(13-16)30-11-5-6-12-30)27-19(32)14-31-23(34)20-21(25-15-28(20)2)29(3)24(31)35/h7,9-10,13,15,18H,4-6,8,11-12,14H2,1-3H3,(H,26,33)(H,27,32). The smallest absolute Gasteiger partial charge is 0.332 e. The monoisotopic (exact) mass is 481 g/mol. The fraction of sp³-hybridized carbons (Fsp3) is 0.458. The van der Waals surface area contributed by atoms with Crippen LogP contribution in [0.3, 0.4) is 0 Å². The first-order valence-corrected chi connectivity index (χ1v) is 11.9. The van der Waals surface area contributed by atoms with Crippen LogP contribution in [0.5, 0.6) is 0 Å². The number of aromatic nitrogens is 4. The summed E-state index contributed by atoms with van der Waals surface area (Å²) in [5, 5.41) is 5.59. The maximum absolute atomic E-state index is 13.0. The van der Waals surface area contributed by atoms with Crippen LogP contribution in [-0.2, 0) is 30.2 Å². The molecule has 1 atom stereocenters. The summed E-state index contributed by atoms with van der Waals surface area (Å²) < 4.78 is 3.60. The normalized spacial score (nSPS) is 14.3. The molecule has 1 aromatic carbocycles. The molecule has 0 spiro atoms. The van der Waals surface area contributed by atoms with Crippen molar-refractivity contribution in [3.63, 3.8) is 0 Å². The van der Waals surface area contributed by atoms with Crippen LogP contribution in [0.25, 0.3) is 11.2 Å². The first-order chi connectivity index (χ1) is 16.8. The highest BCUT2D eigenvalue weighted by Gasteiger charge is 2.23. The molecule has 2 N–H and O–H groups in total. The molecule has 11 nitrogen and oxygen atoms in total. The molecular weight excluding hydrogens is 450 g/mol. The molecule has 3 heterocycles. The summed E-state index contributed by atoms with van der Waals surface area (Å²) in [6, 6.07) is 6.86. The van der Waals surface area contributed by atoms with Crippen molar-refractivity contribution in [2.24, 2.45) is 14.1 Å². The van der Waals surface area contributed by atoms with E-state index in [9.17, 15) is 19.2 Å². The average molecular weight is 482 g/mol. The van der Waals surface area contributed by atoms with Crippen molar-refractivity contribution in [1.82, 2.24) is 24.0 Å². The van der Waals surface area contributed by atoms with Gasteiger partial charge < -0.3 is 20.1 Å². The summed E-state index contributed by atoms with van der Waals surface area (Å²) in [5.74, 6) is -0.939. The summed E-state index contributed by atoms with van der Waals surface area (Å²) >= 11 is 0. The van der Waals surface area contributed by atoms with Crippen LogP contribution >= 0.6 is 0 Å². The third kappa shape index (κ3) is 4.98. The predicted molar refractivity (Wildman–Crippen MR) is 134 cm³/mol. The van der Waals surface area contributed by atoms with E-state index in [1.807, 2.05) is 31.2 Å². The van der Waals surface area contributed by atoms with Gasteiger partial charge in [0.25, 0.3) is 5.56 Å². The SMILES string of the molecule is CCCC(NC(=O)Cn1c(=O)c2c(ncn2C)n(C)c1=O)C(=O)Nc1cccc(N2CCCC2)c1. The number of nitrogens with one attached hydrogen (secondary N) is 2. The lowest BCUT2D eigenvalue weighted by Gasteiger charge is -2.20. The number of nitrogens with zero attached hydrogens (tertiary/aromatic N) is 5. The number of amides is 2. The van der Waals surface area contributed by atoms with Gasteiger partial charge in [-0.1, -0.05) is 19.4 Å². The molecule has 3 aromatic rings. The van der Waals surface area contributed by atoms with Crippen LogP contribution in [0.1, 0.15) is 32.6 Å². The Labute approximate surface area is 202 Å². The van der Waals surface area contributed by atoms with Gasteiger partial charge in [-0.05, 0) is 37.5 Å². The van der Waals surface area contributed by atoms with Crippen LogP contribution in [0.15, 0.2) is 40.2 Å². The van der Waals surface area contributed by atoms with Gasteiger partial charge in [0.2, 0.25) is 11.8 Å². The van der Waals surface area contributed by atoms with E-state index in [0.29, 0.717) is 18.5 Å². The van der Waals surface area contributed by atoms with Gasteiger partial charge in [0.15, 0.2) is 11.2 Å². The zero-order chi connectivity index (χ0) is 25.1. The Kier molecular flexibility index (Phi) is 7.04. The van der Waals surface area contributed by atoms with Gasteiger partial charge in [-0.3, -0.25) is 19.0 Å². The fourth-order valence-electron chi connectivity index (χ4n) is 4.46. The lowest BCUT2D eigenvalue weighted by atomic mass is 10.1. The minimum Gasteiger partial charge on any atom is -0.371 e. The highest BCUT2D eigenvalue weighted by Crippen LogP contribution is 2.23. The summed E-state index contributed by atoms with van der Waals surface area (Å²) in [6.07, 6.45) is 4.82. The second-order valence-electron chi connectivity index (χ2n) is 8.90. The predicted octanol–water partition coefficient (Wildman–Crippen LogP) is 0.958. The van der Waals surface area contributed by atoms with Crippen LogP contribution < -0.4 is 26.8 Å². The van der Waals surface area contributed by atoms with Crippen molar-refractivity contribution in [1.29, 1.82) is 0 Å². The molecule has 2 amide bonds. The van der Waals surface area contributed by atoms with Crippen molar-refractivity contribution >= 4 is 34.4 Å². The molecule has 2 aromatic heterocycles. The van der Waals surface area contributed by atoms with Gasteiger partial charge in [-0.2, -0.15) is 0 Å². The van der Waals surface area contributed by atoms with Crippen LogP contribution in [-0.4, -0.2) is 49.6 Å². The Hall–Kier alpha value is -3.89. The molecule has 1 fully saturated rings. The summed E-state index contributed by atoms with van der Waals surface area (Å²) in [5.41, 5.74) is 0.929. The minimum absolute atomic E-state index is 0.223. The maximum atomic E-state index is 13.0. The van der Waals surface area contributed by atoms with Crippen molar-refractivity contribution < 1.29 is 9.59 Å². The van der Waals surface area contributed by atoms with E-state index >= 15 is 0 Å². The molecule has 0 saturated carbocycles. The number of hydrogen-bond acceptors (Lipinski definition) is 6. The number of carbonyl (C=O) groups is 2. The second kappa shape index (κ2) is 10.2. The van der Waals surface area contributed by atoms with Crippen molar-refractivity contribution in [3.8, 4) is 0 Å². The number of imidazole rings is 1. The van der Waals surface area contributed by atoms with Crippen LogP contribution in [0, 0.1) is 0 Å². The Balaban J connectivity index is 1.49. The van der Waals surface area contributed by atoms with E-state index in [-0.39, 0.29) is 17.1 Å². The second-order valence-corrected chi connectivity index (χ2v) is 8.90. The van der Waals surface area contributed by atoms with E-state index < -0.39 is 29.7 Å². The zero-order valence-electron chi connectivity index (χ0n) is 20.3. The van der Waals surface area contributed by atoms with E-state index in [4.69, 9.17) is 0 Å². The molecule has 1 aliphatic rings. The Morgan fingerprint density at radius 2 is 1.89 bits per heavy atom. The first-order valence-electron chi connectivity index (χ1n) is 11.9. The molecule has 4 rings (SSSR count). The number of carbonyl (C=O) groups excluding carboxylic acids is 2. The number of fused-ring (bicyclic) bond motifs is 1. The summed E-state index contributed by atoms with van der Waals surface area (Å²) in [4.78, 5) is 57.8. The van der Waals surface area contributed by atoms with Gasteiger partial charge in [-0.15, -0.1) is 0 Å². The van der Waals surface area contributed by atoms with E-state index in [1.165, 1.54) is 22.5 Å². The molecule has 1 unspecified atom stereocenters. The number of hydrogen-bond donors (Lipinski definition) is 2. The third-order valence-corrected chi connectivity index (χ3v) is 6.32. The highest BCUT2D eigenvalue weighted by molar-refractivity contribution is 5.97. The average Bonchev–Trinajstić information content (AvgIpc) is 3.51. The van der Waals surface area contributed by atoms with Crippen molar-refractivity contribution in [2.75, 3.05) is 23.3 Å². The number of aryl methyl sites for hydroxylation is 2. The quantitative estimate of drug-likeness (QED) is 0.494. The molecule has 1 aliphatic heterocycles. The zero-order valence-corrected chi connectivity index (χ0v) is 20.3. The van der Waals surface area contributed by atoms with E-state index in [2.05, 4.69) is 20.5 Å². The molecule has 186 valence electrons. The number of rotatable bonds is 8. The number of anilines is 2. The van der Waals surface area contributed by atoms with Gasteiger partial charge in [0, 0.05) is 38.6 Å². The fourth-order valence-corrected chi connectivity index (χ4v) is 4.46. The van der Waals surface area contributed by atoms with E-state index in [0.717, 1.165) is 36.2 Å². The maximum Gasteiger partial charge on any atom is 0.332 e. The lowest BCUT2D eigenvalue weighted by Crippen LogP contribution is -2.48. The third-order valence-electron chi connectivity index (χ3n) is 6.32. The van der Waals surface area contributed by atoms with Gasteiger partial charge in [0.05, 0.1) is 6.33 Å². The largest absolute Gasteiger partial charge is 0.371 e. The molecule has 0 aliphatic carbocycles. The molecular formula is C24H31N7O4. The Morgan fingerprint density at radius 3 is 2.60 bits per heavy atom. The van der Waals surface area contributed by atoms with Crippen molar-refractivity contribution in [3.05, 3.63) is 51.4 Å². The van der Waals surface area contributed by atoms with Crippen LogP contribution in [0.2, 0.25) is 0 Å². The first kappa shape index (κ1) is 24.2. The minimum atomic E-state index is -0.803. The summed E-state index contributed by atoms with van der Waals surface area (Å²) in [6.45, 7) is 3.41. The van der Waals surface area contributed by atoms with Crippen LogP contribution in [0.4, 0.5) is 11.4 Å². The van der Waals surface area contributed by atoms with Gasteiger partial charge in [0.1, 0.15) is 12.6 Å². The lowest BCUT2D eigenvalue weighted by molar-refractivity contribution is -0.127. The van der Waals surface area contributed by atoms with Gasteiger partial charge in [-0.25, -0.2) is 14.3 Å². The molecule has 0 radical (unpaired) electrons. The molecule has 11 heteroatoms. The topological polar surface area (TPSA) is 123 Å². The summed E-state index contributed by atoms with van der Waals surface area (Å²) in [7, 11) is 3.14. The number of benzene rings is 1. The van der Waals surface area contributed by atoms with E-state index in [1.54, 1.807) is 7.05 Å². The van der Waals surface area contributed by atoms with Crippen molar-refractivity contribution in [2.45, 2.75) is 45.2 Å². The highest BCUT2D eigenvalue weighted by atomic mass is 16.2. The van der Waals surface area contributed by atoms with Gasteiger partial charge >= 0.3 is 5.69 Å². The molecule has 0 bridgehead atoms. The Bertz CT molecular complexity index is 1360.